The van der Waals surface area contributed by atoms with Crippen LogP contribution in [0.15, 0.2) is 78.9 Å². The molecule has 0 saturated carbocycles. The lowest BCUT2D eigenvalue weighted by Crippen LogP contribution is -2.46. The Morgan fingerprint density at radius 1 is 0.810 bits per heavy atom. The second-order valence-electron chi connectivity index (χ2n) is 11.6. The van der Waals surface area contributed by atoms with Crippen molar-refractivity contribution in [1.29, 1.82) is 0 Å². The van der Waals surface area contributed by atoms with Crippen LogP contribution >= 0.6 is 11.3 Å². The van der Waals surface area contributed by atoms with Gasteiger partial charge < -0.3 is 14.2 Å². The van der Waals surface area contributed by atoms with Crippen LogP contribution < -0.4 is 4.74 Å². The smallest absolute Gasteiger partial charge is 0.236 e. The maximum Gasteiger partial charge on any atom is 0.236 e. The molecule has 4 heterocycles. The highest BCUT2D eigenvalue weighted by atomic mass is 32.1. The molecular formula is C34H37N5O2S. The molecule has 0 bridgehead atoms. The number of ether oxygens (including phenoxy) is 1. The van der Waals surface area contributed by atoms with Gasteiger partial charge in [0.2, 0.25) is 5.91 Å². The minimum Gasteiger partial charge on any atom is -0.486 e. The number of fused-ring (bicyclic) bond motifs is 2. The number of hydrogen-bond donors (Lipinski definition) is 0. The number of para-hydroxylation sites is 4. The van der Waals surface area contributed by atoms with Gasteiger partial charge in [-0.2, -0.15) is 0 Å². The molecule has 216 valence electrons. The van der Waals surface area contributed by atoms with Crippen LogP contribution in [0, 0.1) is 5.92 Å². The van der Waals surface area contributed by atoms with Crippen molar-refractivity contribution < 1.29 is 9.53 Å². The Labute approximate surface area is 250 Å². The van der Waals surface area contributed by atoms with Crippen molar-refractivity contribution in [3.63, 3.8) is 0 Å². The zero-order valence-electron chi connectivity index (χ0n) is 23.9. The Bertz CT molecular complexity index is 1620. The predicted molar refractivity (Wildman–Crippen MR) is 168 cm³/mol. The lowest BCUT2D eigenvalue weighted by molar-refractivity contribution is -0.133. The fraction of sp³-hybridized carbons (Fsp3) is 0.382. The lowest BCUT2D eigenvalue weighted by Gasteiger charge is -2.35. The van der Waals surface area contributed by atoms with Gasteiger partial charge in [0.1, 0.15) is 18.2 Å². The van der Waals surface area contributed by atoms with Crippen LogP contribution in [-0.4, -0.2) is 63.0 Å². The van der Waals surface area contributed by atoms with Gasteiger partial charge in [0.25, 0.3) is 0 Å². The van der Waals surface area contributed by atoms with E-state index in [-0.39, 0.29) is 5.91 Å². The number of amides is 1. The summed E-state index contributed by atoms with van der Waals surface area (Å²) in [6, 6.07) is 26.7. The first-order valence-corrected chi connectivity index (χ1v) is 16.0. The Kier molecular flexibility index (Phi) is 7.90. The van der Waals surface area contributed by atoms with Crippen LogP contribution in [0.2, 0.25) is 0 Å². The molecule has 1 amide bonds. The van der Waals surface area contributed by atoms with E-state index >= 15 is 0 Å². The summed E-state index contributed by atoms with van der Waals surface area (Å²) in [6.45, 7) is 5.48. The number of thiazole rings is 1. The normalized spacial score (nSPS) is 17.3. The first-order chi connectivity index (χ1) is 20.7. The fourth-order valence-corrected chi connectivity index (χ4v) is 7.56. The molecule has 0 unspecified atom stereocenters. The Hall–Kier alpha value is -3.75. The predicted octanol–water partition coefficient (Wildman–Crippen LogP) is 6.34. The number of imidazole rings is 1. The molecular weight excluding hydrogens is 542 g/mol. The highest BCUT2D eigenvalue weighted by Gasteiger charge is 2.28. The molecule has 2 saturated heterocycles. The van der Waals surface area contributed by atoms with Gasteiger partial charge in [-0.1, -0.05) is 42.5 Å². The standard InChI is InChI=1S/C34H37N5O2S/c40-33(38-20-16-26(17-21-38)34-36-29-11-5-7-13-31(29)42-34)23-37-18-14-25(15-19-37)22-39-30-12-6-4-10-28(30)35-32(39)24-41-27-8-2-1-3-9-27/h1-13,25-26H,14-24H2. The molecule has 7 rings (SSSR count). The van der Waals surface area contributed by atoms with Crippen LogP contribution in [0.25, 0.3) is 21.3 Å². The van der Waals surface area contributed by atoms with Crippen molar-refractivity contribution in [2.75, 3.05) is 32.7 Å². The summed E-state index contributed by atoms with van der Waals surface area (Å²) in [5.41, 5.74) is 3.27. The summed E-state index contributed by atoms with van der Waals surface area (Å²) in [5, 5.41) is 1.23. The lowest BCUT2D eigenvalue weighted by atomic mass is 9.96. The number of benzene rings is 3. The van der Waals surface area contributed by atoms with E-state index in [1.807, 2.05) is 47.7 Å². The van der Waals surface area contributed by atoms with Crippen molar-refractivity contribution in [2.24, 2.45) is 5.92 Å². The van der Waals surface area contributed by atoms with Crippen molar-refractivity contribution in [3.8, 4) is 5.75 Å². The van der Waals surface area contributed by atoms with Gasteiger partial charge in [0, 0.05) is 25.6 Å². The SMILES string of the molecule is O=C(CN1CCC(Cn2c(COc3ccccc3)nc3ccccc32)CC1)N1CCC(c2nc3ccccc3s2)CC1. The van der Waals surface area contributed by atoms with Crippen molar-refractivity contribution in [1.82, 2.24) is 24.3 Å². The molecule has 2 aliphatic rings. The molecule has 2 aliphatic heterocycles. The van der Waals surface area contributed by atoms with E-state index in [0.717, 1.165) is 86.5 Å². The van der Waals surface area contributed by atoms with Gasteiger partial charge in [-0.15, -0.1) is 11.3 Å². The highest BCUT2D eigenvalue weighted by molar-refractivity contribution is 7.18. The summed E-state index contributed by atoms with van der Waals surface area (Å²) in [5.74, 6) is 3.11. The molecule has 5 aromatic rings. The number of nitrogens with zero attached hydrogens (tertiary/aromatic N) is 5. The van der Waals surface area contributed by atoms with Crippen molar-refractivity contribution >= 4 is 38.5 Å². The minimum absolute atomic E-state index is 0.275. The number of likely N-dealkylation sites (tertiary alicyclic amines) is 2. The maximum absolute atomic E-state index is 13.2. The summed E-state index contributed by atoms with van der Waals surface area (Å²) >= 11 is 1.81. The molecule has 0 spiro atoms. The van der Waals surface area contributed by atoms with E-state index in [1.165, 1.54) is 9.71 Å². The number of rotatable bonds is 8. The number of hydrogen-bond acceptors (Lipinski definition) is 6. The van der Waals surface area contributed by atoms with Crippen LogP contribution in [0.3, 0.4) is 0 Å². The third-order valence-corrected chi connectivity index (χ3v) is 10.1. The summed E-state index contributed by atoms with van der Waals surface area (Å²) in [7, 11) is 0. The second-order valence-corrected chi connectivity index (χ2v) is 12.7. The molecule has 8 heteroatoms. The van der Waals surface area contributed by atoms with E-state index in [4.69, 9.17) is 14.7 Å². The topological polar surface area (TPSA) is 63.5 Å². The highest BCUT2D eigenvalue weighted by Crippen LogP contribution is 2.34. The van der Waals surface area contributed by atoms with E-state index in [2.05, 4.69) is 56.8 Å². The van der Waals surface area contributed by atoms with E-state index in [9.17, 15) is 4.79 Å². The number of aromatic nitrogens is 3. The average molecular weight is 580 g/mol. The summed E-state index contributed by atoms with van der Waals surface area (Å²) < 4.78 is 9.68. The van der Waals surface area contributed by atoms with Crippen LogP contribution in [0.1, 0.15) is 42.4 Å². The fourth-order valence-electron chi connectivity index (χ4n) is 6.42. The molecule has 0 radical (unpaired) electrons. The maximum atomic E-state index is 13.2. The van der Waals surface area contributed by atoms with E-state index in [1.54, 1.807) is 0 Å². The monoisotopic (exact) mass is 579 g/mol. The largest absolute Gasteiger partial charge is 0.486 e. The average Bonchev–Trinajstić information content (AvgIpc) is 3.63. The van der Waals surface area contributed by atoms with E-state index < -0.39 is 0 Å². The third kappa shape index (κ3) is 5.92. The second kappa shape index (κ2) is 12.2. The Balaban J connectivity index is 0.913. The van der Waals surface area contributed by atoms with Gasteiger partial charge in [0.05, 0.1) is 32.8 Å². The quantitative estimate of drug-likeness (QED) is 0.215. The first-order valence-electron chi connectivity index (χ1n) is 15.2. The molecule has 42 heavy (non-hydrogen) atoms. The molecule has 0 atom stereocenters. The molecule has 2 aromatic heterocycles. The molecule has 0 aliphatic carbocycles. The molecule has 7 nitrogen and oxygen atoms in total. The van der Waals surface area contributed by atoms with Crippen molar-refractivity contribution in [3.05, 3.63) is 89.7 Å². The summed E-state index contributed by atoms with van der Waals surface area (Å²) in [6.07, 6.45) is 4.17. The Morgan fingerprint density at radius 2 is 1.52 bits per heavy atom. The first kappa shape index (κ1) is 27.1. The van der Waals surface area contributed by atoms with E-state index in [0.29, 0.717) is 25.0 Å². The zero-order chi connectivity index (χ0) is 28.3. The number of piperidine rings is 2. The van der Waals surface area contributed by atoms with Gasteiger partial charge in [-0.3, -0.25) is 9.69 Å². The number of carbonyl (C=O) groups is 1. The van der Waals surface area contributed by atoms with Crippen LogP contribution in [-0.2, 0) is 17.9 Å². The van der Waals surface area contributed by atoms with Gasteiger partial charge in [-0.05, 0) is 81.1 Å². The molecule has 2 fully saturated rings. The Morgan fingerprint density at radius 3 is 2.31 bits per heavy atom. The van der Waals surface area contributed by atoms with Gasteiger partial charge in [0.15, 0.2) is 0 Å². The molecule has 3 aromatic carbocycles. The molecule has 0 N–H and O–H groups in total. The van der Waals surface area contributed by atoms with Gasteiger partial charge in [-0.25, -0.2) is 9.97 Å². The minimum atomic E-state index is 0.275. The third-order valence-electron chi connectivity index (χ3n) is 8.86. The van der Waals surface area contributed by atoms with Crippen LogP contribution in [0.5, 0.6) is 5.75 Å². The van der Waals surface area contributed by atoms with Gasteiger partial charge >= 0.3 is 0 Å². The summed E-state index contributed by atoms with van der Waals surface area (Å²) in [4.78, 5) is 27.4. The number of carbonyl (C=O) groups excluding carboxylic acids is 1. The zero-order valence-corrected chi connectivity index (χ0v) is 24.7. The van der Waals surface area contributed by atoms with Crippen molar-refractivity contribution in [2.45, 2.75) is 44.8 Å². The van der Waals surface area contributed by atoms with Crippen LogP contribution in [0.4, 0.5) is 0 Å².